The van der Waals surface area contributed by atoms with Crippen molar-refractivity contribution in [1.82, 2.24) is 0 Å². The van der Waals surface area contributed by atoms with Crippen LogP contribution in [0.1, 0.15) is 60.6 Å². The maximum atomic E-state index is 15.0. The van der Waals surface area contributed by atoms with Crippen LogP contribution in [0.4, 0.5) is 22.0 Å². The van der Waals surface area contributed by atoms with E-state index in [-0.39, 0.29) is 46.8 Å². The Hall–Kier alpha value is -3.83. The molecule has 2 heterocycles. The molecule has 8 heteroatoms. The fraction of sp³-hybridized carbons (Fsp3) is 0.267. The molecule has 0 bridgehead atoms. The lowest BCUT2D eigenvalue weighted by Crippen LogP contribution is -2.13. The molecule has 2 aliphatic heterocycles. The van der Waals surface area contributed by atoms with Gasteiger partial charge in [0, 0.05) is 23.1 Å². The number of hydrogen-bond donors (Lipinski definition) is 0. The standard InChI is InChI=1S/C30H23F5O3/c1-3-12-36-23-11-8-19-14-20-13-18(25(32)28(35)30(20)38-29(19)27(23)34)6-5-17-7-9-21(26(33)24(17)31)22-10-4-16(2)15-37-22/h4,7-9,11,13,22H,3,10,12,14-15H2,1-2H3. The van der Waals surface area contributed by atoms with E-state index in [1.54, 1.807) is 6.07 Å². The third-order valence-corrected chi connectivity index (χ3v) is 6.41. The summed E-state index contributed by atoms with van der Waals surface area (Å²) in [4.78, 5) is 0. The molecule has 1 unspecified atom stereocenters. The zero-order valence-corrected chi connectivity index (χ0v) is 20.7. The summed E-state index contributed by atoms with van der Waals surface area (Å²) in [6.07, 6.45) is 2.41. The fourth-order valence-corrected chi connectivity index (χ4v) is 4.38. The Balaban J connectivity index is 1.44. The highest BCUT2D eigenvalue weighted by Gasteiger charge is 2.29. The highest BCUT2D eigenvalue weighted by molar-refractivity contribution is 5.57. The maximum Gasteiger partial charge on any atom is 0.207 e. The van der Waals surface area contributed by atoms with E-state index in [0.29, 0.717) is 25.0 Å². The minimum Gasteiger partial charge on any atom is -0.490 e. The van der Waals surface area contributed by atoms with E-state index in [2.05, 4.69) is 11.8 Å². The third kappa shape index (κ3) is 4.74. The van der Waals surface area contributed by atoms with Crippen molar-refractivity contribution in [2.45, 2.75) is 39.2 Å². The van der Waals surface area contributed by atoms with Gasteiger partial charge in [0.1, 0.15) is 0 Å². The van der Waals surface area contributed by atoms with Gasteiger partial charge in [-0.25, -0.2) is 13.2 Å². The Bertz CT molecular complexity index is 1520. The summed E-state index contributed by atoms with van der Waals surface area (Å²) in [5, 5.41) is 0. The second-order valence-electron chi connectivity index (χ2n) is 9.20. The lowest BCUT2D eigenvalue weighted by Gasteiger charge is -2.23. The second-order valence-corrected chi connectivity index (χ2v) is 9.20. The van der Waals surface area contributed by atoms with Crippen molar-refractivity contribution in [2.24, 2.45) is 0 Å². The van der Waals surface area contributed by atoms with Crippen molar-refractivity contribution in [1.29, 1.82) is 0 Å². The minimum absolute atomic E-state index is 0.0423. The van der Waals surface area contributed by atoms with Crippen LogP contribution >= 0.6 is 0 Å². The van der Waals surface area contributed by atoms with Crippen molar-refractivity contribution in [3.8, 4) is 29.1 Å². The number of rotatable bonds is 4. The molecule has 3 aromatic rings. The van der Waals surface area contributed by atoms with Crippen molar-refractivity contribution in [2.75, 3.05) is 13.2 Å². The van der Waals surface area contributed by atoms with Gasteiger partial charge in [-0.3, -0.25) is 0 Å². The van der Waals surface area contributed by atoms with Crippen LogP contribution in [0.25, 0.3) is 0 Å². The van der Waals surface area contributed by atoms with Crippen molar-refractivity contribution < 1.29 is 36.2 Å². The fourth-order valence-electron chi connectivity index (χ4n) is 4.38. The van der Waals surface area contributed by atoms with Crippen LogP contribution in [0.5, 0.6) is 17.2 Å². The zero-order chi connectivity index (χ0) is 27.0. The predicted octanol–water partition coefficient (Wildman–Crippen LogP) is 7.67. The normalized spacial score (nSPS) is 16.0. The summed E-state index contributed by atoms with van der Waals surface area (Å²) in [5.74, 6) is -1.71. The highest BCUT2D eigenvalue weighted by atomic mass is 19.2. The molecule has 0 fully saturated rings. The summed E-state index contributed by atoms with van der Waals surface area (Å²) < 4.78 is 90.6. The lowest BCUT2D eigenvalue weighted by molar-refractivity contribution is 0.0586. The molecule has 3 aromatic carbocycles. The summed E-state index contributed by atoms with van der Waals surface area (Å²) in [6, 6.07) is 6.96. The number of fused-ring (bicyclic) bond motifs is 2. The van der Waals surface area contributed by atoms with Crippen LogP contribution in [-0.2, 0) is 11.2 Å². The first-order chi connectivity index (χ1) is 18.3. The van der Waals surface area contributed by atoms with Gasteiger partial charge in [-0.15, -0.1) is 0 Å². The summed E-state index contributed by atoms with van der Waals surface area (Å²) in [5.41, 5.74) is 1.05. The molecule has 1 atom stereocenters. The van der Waals surface area contributed by atoms with Gasteiger partial charge in [-0.1, -0.05) is 42.5 Å². The number of ether oxygens (including phenoxy) is 3. The first kappa shape index (κ1) is 25.8. The van der Waals surface area contributed by atoms with Crippen LogP contribution in [-0.4, -0.2) is 13.2 Å². The zero-order valence-electron chi connectivity index (χ0n) is 20.7. The molecular formula is C30H23F5O3. The van der Waals surface area contributed by atoms with Gasteiger partial charge in [0.05, 0.1) is 30.4 Å². The molecule has 2 aliphatic rings. The topological polar surface area (TPSA) is 27.7 Å². The molecule has 0 aliphatic carbocycles. The van der Waals surface area contributed by atoms with Gasteiger partial charge < -0.3 is 14.2 Å². The Kier molecular flexibility index (Phi) is 7.13. The molecule has 0 aromatic heterocycles. The summed E-state index contributed by atoms with van der Waals surface area (Å²) in [6.45, 7) is 4.37. The SMILES string of the molecule is CCCOc1ccc2c(c1F)Oc1c(cc(C#Cc3ccc(C4CC=C(C)CO4)c(F)c3F)c(F)c1F)C2. The van der Waals surface area contributed by atoms with E-state index >= 15 is 0 Å². The molecule has 0 N–H and O–H groups in total. The first-order valence-electron chi connectivity index (χ1n) is 12.2. The van der Waals surface area contributed by atoms with Crippen molar-refractivity contribution in [3.05, 3.63) is 98.9 Å². The van der Waals surface area contributed by atoms with Gasteiger partial charge in [-0.2, -0.15) is 8.78 Å². The highest BCUT2D eigenvalue weighted by Crippen LogP contribution is 2.43. The number of halogens is 5. The molecule has 38 heavy (non-hydrogen) atoms. The van der Waals surface area contributed by atoms with Gasteiger partial charge in [-0.05, 0) is 38.0 Å². The Morgan fingerprint density at radius 2 is 1.61 bits per heavy atom. The Morgan fingerprint density at radius 1 is 0.868 bits per heavy atom. The third-order valence-electron chi connectivity index (χ3n) is 6.41. The van der Waals surface area contributed by atoms with Crippen LogP contribution < -0.4 is 9.47 Å². The van der Waals surface area contributed by atoms with Crippen molar-refractivity contribution >= 4 is 0 Å². The van der Waals surface area contributed by atoms with Crippen LogP contribution in [0.3, 0.4) is 0 Å². The first-order valence-corrected chi connectivity index (χ1v) is 12.2. The summed E-state index contributed by atoms with van der Waals surface area (Å²) >= 11 is 0. The molecule has 0 amide bonds. The maximum absolute atomic E-state index is 15.0. The van der Waals surface area contributed by atoms with Gasteiger partial charge in [0.2, 0.25) is 11.6 Å². The monoisotopic (exact) mass is 526 g/mol. The summed E-state index contributed by atoms with van der Waals surface area (Å²) in [7, 11) is 0. The quantitative estimate of drug-likeness (QED) is 0.155. The van der Waals surface area contributed by atoms with Crippen LogP contribution in [0.2, 0.25) is 0 Å². The smallest absolute Gasteiger partial charge is 0.207 e. The number of hydrogen-bond acceptors (Lipinski definition) is 3. The van der Waals surface area contributed by atoms with Gasteiger partial charge >= 0.3 is 0 Å². The Labute approximate surface area is 216 Å². The molecule has 0 spiro atoms. The van der Waals surface area contributed by atoms with E-state index in [9.17, 15) is 22.0 Å². The van der Waals surface area contributed by atoms with Gasteiger partial charge in [0.15, 0.2) is 34.7 Å². The molecule has 0 saturated heterocycles. The Morgan fingerprint density at radius 3 is 2.34 bits per heavy atom. The van der Waals surface area contributed by atoms with E-state index in [4.69, 9.17) is 14.2 Å². The van der Waals surface area contributed by atoms with Crippen molar-refractivity contribution in [3.63, 3.8) is 0 Å². The van der Waals surface area contributed by atoms with Crippen LogP contribution in [0.15, 0.2) is 42.0 Å². The van der Waals surface area contributed by atoms with E-state index in [1.807, 2.05) is 19.9 Å². The molecule has 5 rings (SSSR count). The van der Waals surface area contributed by atoms with E-state index < -0.39 is 40.9 Å². The lowest BCUT2D eigenvalue weighted by atomic mass is 9.97. The van der Waals surface area contributed by atoms with E-state index in [0.717, 1.165) is 5.57 Å². The molecular weight excluding hydrogens is 503 g/mol. The minimum atomic E-state index is -1.35. The average Bonchev–Trinajstić information content (AvgIpc) is 2.92. The van der Waals surface area contributed by atoms with E-state index in [1.165, 1.54) is 24.3 Å². The van der Waals surface area contributed by atoms with Crippen LogP contribution in [0, 0.1) is 40.9 Å². The average molecular weight is 527 g/mol. The largest absolute Gasteiger partial charge is 0.490 e. The number of benzene rings is 3. The second kappa shape index (κ2) is 10.5. The van der Waals surface area contributed by atoms with Gasteiger partial charge in [0.25, 0.3) is 0 Å². The predicted molar refractivity (Wildman–Crippen MR) is 131 cm³/mol. The molecule has 3 nitrogen and oxygen atoms in total. The molecule has 0 saturated carbocycles. The molecule has 0 radical (unpaired) electrons. The molecule has 196 valence electrons.